The van der Waals surface area contributed by atoms with Crippen LogP contribution in [0.15, 0.2) is 65.1 Å². The van der Waals surface area contributed by atoms with Crippen molar-refractivity contribution in [3.8, 4) is 23.0 Å². The molecule has 1 heterocycles. The predicted molar refractivity (Wildman–Crippen MR) is 107 cm³/mol. The molecule has 4 aromatic rings. The number of ether oxygens (including phenoxy) is 2. The molecule has 0 aliphatic carbocycles. The van der Waals surface area contributed by atoms with E-state index in [4.69, 9.17) is 13.9 Å². The molecule has 0 saturated heterocycles. The fourth-order valence-electron chi connectivity index (χ4n) is 2.94. The van der Waals surface area contributed by atoms with Crippen LogP contribution in [0.4, 0.5) is 10.1 Å². The first kappa shape index (κ1) is 18.5. The lowest BCUT2D eigenvalue weighted by atomic mass is 10.2. The summed E-state index contributed by atoms with van der Waals surface area (Å²) in [4.78, 5) is 16.8. The van der Waals surface area contributed by atoms with Gasteiger partial charge in [-0.05, 0) is 48.5 Å². The number of methoxy groups -OCH3 is 2. The van der Waals surface area contributed by atoms with Gasteiger partial charge in [0, 0.05) is 11.3 Å². The van der Waals surface area contributed by atoms with Crippen molar-refractivity contribution in [2.75, 3.05) is 19.5 Å². The van der Waals surface area contributed by atoms with Gasteiger partial charge in [0.15, 0.2) is 17.1 Å². The Morgan fingerprint density at radius 2 is 1.79 bits per heavy atom. The van der Waals surface area contributed by atoms with Gasteiger partial charge < -0.3 is 19.2 Å². The number of nitrogens with zero attached hydrogens (tertiary/aromatic N) is 1. The third-order valence-electron chi connectivity index (χ3n) is 4.39. The summed E-state index contributed by atoms with van der Waals surface area (Å²) in [6, 6.07) is 16.2. The maximum atomic E-state index is 13.8. The van der Waals surface area contributed by atoms with Crippen LogP contribution in [0.3, 0.4) is 0 Å². The second-order valence-electron chi connectivity index (χ2n) is 6.21. The molecule has 1 amide bonds. The van der Waals surface area contributed by atoms with E-state index >= 15 is 0 Å². The number of carbonyl (C=O) groups excluding carboxylic acids is 1. The van der Waals surface area contributed by atoms with Crippen LogP contribution in [0.25, 0.3) is 22.6 Å². The third kappa shape index (κ3) is 3.62. The first-order valence-electron chi connectivity index (χ1n) is 8.78. The fourth-order valence-corrected chi connectivity index (χ4v) is 2.94. The average molecular weight is 392 g/mol. The highest BCUT2D eigenvalue weighted by molar-refractivity contribution is 6.05. The van der Waals surface area contributed by atoms with E-state index in [2.05, 4.69) is 10.3 Å². The first-order valence-corrected chi connectivity index (χ1v) is 8.78. The number of anilines is 1. The van der Waals surface area contributed by atoms with Crippen molar-refractivity contribution in [2.45, 2.75) is 0 Å². The van der Waals surface area contributed by atoms with Gasteiger partial charge in [-0.3, -0.25) is 4.79 Å². The number of hydrogen-bond donors (Lipinski definition) is 1. The van der Waals surface area contributed by atoms with Crippen LogP contribution in [0.1, 0.15) is 10.4 Å². The molecule has 0 radical (unpaired) electrons. The van der Waals surface area contributed by atoms with E-state index in [0.29, 0.717) is 34.2 Å². The van der Waals surface area contributed by atoms with Crippen molar-refractivity contribution in [3.05, 3.63) is 72.0 Å². The molecule has 0 atom stereocenters. The smallest absolute Gasteiger partial charge is 0.258 e. The van der Waals surface area contributed by atoms with Crippen molar-refractivity contribution in [2.24, 2.45) is 0 Å². The fraction of sp³-hybridized carbons (Fsp3) is 0.0909. The molecule has 4 rings (SSSR count). The highest BCUT2D eigenvalue weighted by Crippen LogP contribution is 2.33. The summed E-state index contributed by atoms with van der Waals surface area (Å²) < 4.78 is 30.2. The summed E-state index contributed by atoms with van der Waals surface area (Å²) >= 11 is 0. The van der Waals surface area contributed by atoms with Crippen LogP contribution < -0.4 is 14.8 Å². The van der Waals surface area contributed by atoms with Crippen LogP contribution >= 0.6 is 0 Å². The Kier molecular flexibility index (Phi) is 4.87. The van der Waals surface area contributed by atoms with Crippen LogP contribution in [-0.2, 0) is 0 Å². The van der Waals surface area contributed by atoms with Gasteiger partial charge in [0.25, 0.3) is 5.91 Å². The van der Waals surface area contributed by atoms with E-state index in [9.17, 15) is 9.18 Å². The van der Waals surface area contributed by atoms with Gasteiger partial charge >= 0.3 is 0 Å². The maximum Gasteiger partial charge on any atom is 0.258 e. The van der Waals surface area contributed by atoms with Gasteiger partial charge in [-0.2, -0.15) is 0 Å². The zero-order valence-electron chi connectivity index (χ0n) is 15.7. The summed E-state index contributed by atoms with van der Waals surface area (Å²) in [7, 11) is 3.12. The van der Waals surface area contributed by atoms with Crippen molar-refractivity contribution in [3.63, 3.8) is 0 Å². The molecule has 0 bridgehead atoms. The highest BCUT2D eigenvalue weighted by atomic mass is 19.1. The second-order valence-corrected chi connectivity index (χ2v) is 6.21. The van der Waals surface area contributed by atoms with Crippen molar-refractivity contribution in [1.82, 2.24) is 4.98 Å². The molecule has 146 valence electrons. The van der Waals surface area contributed by atoms with Gasteiger partial charge in [0.2, 0.25) is 5.89 Å². The van der Waals surface area contributed by atoms with Gasteiger partial charge in [-0.1, -0.05) is 12.1 Å². The number of benzene rings is 3. The zero-order valence-corrected chi connectivity index (χ0v) is 15.7. The van der Waals surface area contributed by atoms with Crippen molar-refractivity contribution >= 4 is 22.7 Å². The van der Waals surface area contributed by atoms with Crippen molar-refractivity contribution in [1.29, 1.82) is 0 Å². The monoisotopic (exact) mass is 392 g/mol. The number of rotatable bonds is 5. The van der Waals surface area contributed by atoms with Crippen LogP contribution in [0.2, 0.25) is 0 Å². The number of oxazole rings is 1. The Bertz CT molecular complexity index is 1200. The van der Waals surface area contributed by atoms with Gasteiger partial charge in [-0.25, -0.2) is 9.37 Å². The van der Waals surface area contributed by atoms with E-state index in [1.165, 1.54) is 18.2 Å². The number of fused-ring (bicyclic) bond motifs is 1. The zero-order chi connectivity index (χ0) is 20.4. The molecule has 0 aliphatic heterocycles. The molecule has 0 fully saturated rings. The van der Waals surface area contributed by atoms with Crippen LogP contribution in [0, 0.1) is 5.82 Å². The molecular formula is C22H17FN2O4. The molecule has 0 saturated carbocycles. The Morgan fingerprint density at radius 1 is 1.00 bits per heavy atom. The summed E-state index contributed by atoms with van der Waals surface area (Å²) in [6.07, 6.45) is 0. The number of hydrogen-bond acceptors (Lipinski definition) is 5. The Balaban J connectivity index is 1.63. The standard InChI is InChI=1S/C22H17FN2O4/c1-27-19-9-7-13(11-20(19)28-2)22-25-17-12-14(8-10-18(17)29-22)24-21(26)15-5-3-4-6-16(15)23/h3-12H,1-2H3,(H,24,26). The van der Waals surface area contributed by atoms with Crippen molar-refractivity contribution < 1.29 is 23.1 Å². The topological polar surface area (TPSA) is 73.6 Å². The molecule has 0 aliphatic rings. The Morgan fingerprint density at radius 3 is 2.55 bits per heavy atom. The highest BCUT2D eigenvalue weighted by Gasteiger charge is 2.14. The van der Waals surface area contributed by atoms with Crippen LogP contribution in [0.5, 0.6) is 11.5 Å². The molecule has 3 aromatic carbocycles. The SMILES string of the molecule is COc1ccc(-c2nc3cc(NC(=O)c4ccccc4F)ccc3o2)cc1OC. The molecule has 0 spiro atoms. The van der Waals surface area contributed by atoms with E-state index in [1.54, 1.807) is 50.6 Å². The second kappa shape index (κ2) is 7.63. The van der Waals surface area contributed by atoms with E-state index in [0.717, 1.165) is 5.56 Å². The van der Waals surface area contributed by atoms with Gasteiger partial charge in [0.05, 0.1) is 19.8 Å². The minimum absolute atomic E-state index is 0.0289. The summed E-state index contributed by atoms with van der Waals surface area (Å²) in [5, 5.41) is 2.68. The minimum atomic E-state index is -0.580. The molecule has 7 heteroatoms. The average Bonchev–Trinajstić information content (AvgIpc) is 3.17. The first-order chi connectivity index (χ1) is 14.1. The molecule has 1 N–H and O–H groups in total. The third-order valence-corrected chi connectivity index (χ3v) is 4.39. The lowest BCUT2D eigenvalue weighted by Gasteiger charge is -2.07. The predicted octanol–water partition coefficient (Wildman–Crippen LogP) is 4.90. The number of carbonyl (C=O) groups is 1. The Labute approximate surface area is 165 Å². The molecule has 29 heavy (non-hydrogen) atoms. The molecule has 6 nitrogen and oxygen atoms in total. The number of halogens is 1. The number of nitrogens with one attached hydrogen (secondary N) is 1. The minimum Gasteiger partial charge on any atom is -0.493 e. The largest absolute Gasteiger partial charge is 0.493 e. The number of aromatic nitrogens is 1. The molecule has 1 aromatic heterocycles. The Hall–Kier alpha value is -3.87. The van der Waals surface area contributed by atoms with E-state index in [1.807, 2.05) is 6.07 Å². The van der Waals surface area contributed by atoms with Gasteiger partial charge in [-0.15, -0.1) is 0 Å². The van der Waals surface area contributed by atoms with E-state index < -0.39 is 11.7 Å². The normalized spacial score (nSPS) is 10.7. The summed E-state index contributed by atoms with van der Waals surface area (Å²) in [5.74, 6) is 0.448. The summed E-state index contributed by atoms with van der Waals surface area (Å²) in [6.45, 7) is 0. The quantitative estimate of drug-likeness (QED) is 0.523. The lowest BCUT2D eigenvalue weighted by Crippen LogP contribution is -2.13. The van der Waals surface area contributed by atoms with E-state index in [-0.39, 0.29) is 5.56 Å². The lowest BCUT2D eigenvalue weighted by molar-refractivity contribution is 0.102. The molecule has 0 unspecified atom stereocenters. The number of amides is 1. The van der Waals surface area contributed by atoms with Crippen LogP contribution in [-0.4, -0.2) is 25.1 Å². The molecular weight excluding hydrogens is 375 g/mol. The summed E-state index contributed by atoms with van der Waals surface area (Å²) in [5.41, 5.74) is 2.28. The maximum absolute atomic E-state index is 13.8. The van der Waals surface area contributed by atoms with Gasteiger partial charge in [0.1, 0.15) is 11.3 Å².